The number of hydrogen-bond donors (Lipinski definition) is 0. The molecule has 0 fully saturated rings. The van der Waals surface area contributed by atoms with E-state index in [1.54, 1.807) is 11.3 Å². The van der Waals surface area contributed by atoms with Gasteiger partial charge in [-0.1, -0.05) is 36.7 Å². The lowest BCUT2D eigenvalue weighted by Gasteiger charge is -2.14. The molecule has 0 bridgehead atoms. The topological polar surface area (TPSA) is 22.1 Å². The van der Waals surface area contributed by atoms with E-state index in [0.717, 1.165) is 20.9 Å². The van der Waals surface area contributed by atoms with Gasteiger partial charge in [-0.25, -0.2) is 4.98 Å². The van der Waals surface area contributed by atoms with Crippen molar-refractivity contribution in [1.82, 2.24) is 4.98 Å². The third kappa shape index (κ3) is 3.56. The third-order valence-corrected chi connectivity index (χ3v) is 3.85. The summed E-state index contributed by atoms with van der Waals surface area (Å²) in [6.45, 7) is 7.03. The molecule has 2 nitrogen and oxygen atoms in total. The summed E-state index contributed by atoms with van der Waals surface area (Å²) in [5, 5.41) is 3.13. The Kier molecular flexibility index (Phi) is 4.07. The number of rotatable bonds is 3. The number of thiazole rings is 1. The Labute approximate surface area is 120 Å². The largest absolute Gasteiger partial charge is 0.486 e. The predicted octanol–water partition coefficient (Wildman–Crippen LogP) is 4.78. The first-order valence-corrected chi connectivity index (χ1v) is 7.46. The van der Waals surface area contributed by atoms with Gasteiger partial charge in [0, 0.05) is 15.3 Å². The fraction of sp³-hybridized carbons (Fsp3) is 0.357. The van der Waals surface area contributed by atoms with Gasteiger partial charge in [0.05, 0.1) is 5.69 Å². The van der Waals surface area contributed by atoms with E-state index in [9.17, 15) is 0 Å². The third-order valence-electron chi connectivity index (χ3n) is 2.50. The zero-order chi connectivity index (χ0) is 13.2. The smallest absolute Gasteiger partial charge is 0.140 e. The van der Waals surface area contributed by atoms with Gasteiger partial charge in [0.25, 0.3) is 0 Å². The van der Waals surface area contributed by atoms with E-state index in [2.05, 4.69) is 47.1 Å². The summed E-state index contributed by atoms with van der Waals surface area (Å²) >= 11 is 5.05. The van der Waals surface area contributed by atoms with Crippen molar-refractivity contribution in [2.24, 2.45) is 0 Å². The molecule has 2 rings (SSSR count). The van der Waals surface area contributed by atoms with Crippen LogP contribution in [0.4, 0.5) is 0 Å². The highest BCUT2D eigenvalue weighted by Gasteiger charge is 2.17. The van der Waals surface area contributed by atoms with Crippen LogP contribution in [0, 0.1) is 0 Å². The molecule has 0 aliphatic carbocycles. The number of aromatic nitrogens is 1. The quantitative estimate of drug-likeness (QED) is 0.810. The fourth-order valence-corrected chi connectivity index (χ4v) is 2.59. The zero-order valence-electron chi connectivity index (χ0n) is 10.7. The molecule has 0 atom stereocenters. The average Bonchev–Trinajstić information content (AvgIpc) is 2.77. The molecule has 0 N–H and O–H groups in total. The van der Waals surface area contributed by atoms with E-state index < -0.39 is 0 Å². The lowest BCUT2D eigenvalue weighted by atomic mass is 9.93. The molecular formula is C14H16BrNOS. The summed E-state index contributed by atoms with van der Waals surface area (Å²) < 4.78 is 6.75. The van der Waals surface area contributed by atoms with Crippen molar-refractivity contribution >= 4 is 27.3 Å². The zero-order valence-corrected chi connectivity index (χ0v) is 13.1. The lowest BCUT2D eigenvalue weighted by molar-refractivity contribution is 0.305. The minimum absolute atomic E-state index is 0.104. The first kappa shape index (κ1) is 13.6. The fourth-order valence-electron chi connectivity index (χ4n) is 1.40. The van der Waals surface area contributed by atoms with Crippen LogP contribution >= 0.6 is 27.3 Å². The van der Waals surface area contributed by atoms with E-state index in [1.165, 1.54) is 0 Å². The molecule has 1 aromatic carbocycles. The van der Waals surface area contributed by atoms with Crippen LogP contribution in [0.3, 0.4) is 0 Å². The summed E-state index contributed by atoms with van der Waals surface area (Å²) in [5.74, 6) is 0.866. The molecule has 2 aromatic rings. The van der Waals surface area contributed by atoms with Gasteiger partial charge >= 0.3 is 0 Å². The van der Waals surface area contributed by atoms with Crippen molar-refractivity contribution in [3.8, 4) is 5.75 Å². The SMILES string of the molecule is CC(C)(C)c1csc(COc2ccc(Br)cc2)n1. The Balaban J connectivity index is 1.98. The predicted molar refractivity (Wildman–Crippen MR) is 79.3 cm³/mol. The molecule has 0 unspecified atom stereocenters. The van der Waals surface area contributed by atoms with Crippen LogP contribution in [0.15, 0.2) is 34.1 Å². The number of benzene rings is 1. The van der Waals surface area contributed by atoms with Gasteiger partial charge in [0.1, 0.15) is 17.4 Å². The van der Waals surface area contributed by atoms with Crippen molar-refractivity contribution in [2.75, 3.05) is 0 Å². The van der Waals surface area contributed by atoms with Gasteiger partial charge in [-0.2, -0.15) is 0 Å². The van der Waals surface area contributed by atoms with Crippen LogP contribution < -0.4 is 4.74 Å². The van der Waals surface area contributed by atoms with Crippen molar-refractivity contribution in [3.63, 3.8) is 0 Å². The van der Waals surface area contributed by atoms with Crippen LogP contribution in [0.2, 0.25) is 0 Å². The van der Waals surface area contributed by atoms with Crippen LogP contribution in [0.1, 0.15) is 31.5 Å². The average molecular weight is 326 g/mol. The second-order valence-corrected chi connectivity index (χ2v) is 6.98. The van der Waals surface area contributed by atoms with Gasteiger partial charge in [-0.3, -0.25) is 0 Å². The summed E-state index contributed by atoms with van der Waals surface area (Å²) in [6, 6.07) is 7.83. The van der Waals surface area contributed by atoms with Gasteiger partial charge in [-0.15, -0.1) is 11.3 Å². The second-order valence-electron chi connectivity index (χ2n) is 5.12. The van der Waals surface area contributed by atoms with Crippen LogP contribution in [-0.4, -0.2) is 4.98 Å². The van der Waals surface area contributed by atoms with E-state index >= 15 is 0 Å². The maximum Gasteiger partial charge on any atom is 0.140 e. The minimum atomic E-state index is 0.104. The molecule has 0 radical (unpaired) electrons. The Morgan fingerprint density at radius 3 is 2.44 bits per heavy atom. The van der Waals surface area contributed by atoms with E-state index in [1.807, 2.05) is 24.3 Å². The summed E-state index contributed by atoms with van der Waals surface area (Å²) in [5.41, 5.74) is 1.23. The van der Waals surface area contributed by atoms with Crippen molar-refractivity contribution in [1.29, 1.82) is 0 Å². The molecule has 0 aliphatic heterocycles. The molecule has 0 spiro atoms. The van der Waals surface area contributed by atoms with Gasteiger partial charge in [0.15, 0.2) is 0 Å². The van der Waals surface area contributed by atoms with Crippen LogP contribution in [0.25, 0.3) is 0 Å². The lowest BCUT2D eigenvalue weighted by Crippen LogP contribution is -2.11. The molecule has 0 saturated carbocycles. The summed E-state index contributed by atoms with van der Waals surface area (Å²) in [4.78, 5) is 4.60. The van der Waals surface area contributed by atoms with Gasteiger partial charge in [-0.05, 0) is 24.3 Å². The molecule has 1 heterocycles. The van der Waals surface area contributed by atoms with Gasteiger partial charge < -0.3 is 4.74 Å². The number of hydrogen-bond acceptors (Lipinski definition) is 3. The Bertz CT molecular complexity index is 513. The van der Waals surface area contributed by atoms with E-state index in [0.29, 0.717) is 6.61 Å². The Morgan fingerprint density at radius 1 is 1.22 bits per heavy atom. The highest BCUT2D eigenvalue weighted by atomic mass is 79.9. The van der Waals surface area contributed by atoms with Crippen LogP contribution in [0.5, 0.6) is 5.75 Å². The van der Waals surface area contributed by atoms with Crippen LogP contribution in [-0.2, 0) is 12.0 Å². The molecule has 0 saturated heterocycles. The van der Waals surface area contributed by atoms with Crippen molar-refractivity contribution in [2.45, 2.75) is 32.8 Å². The summed E-state index contributed by atoms with van der Waals surface area (Å²) in [6.07, 6.45) is 0. The molecule has 18 heavy (non-hydrogen) atoms. The molecule has 0 amide bonds. The number of ether oxygens (including phenoxy) is 1. The molecule has 96 valence electrons. The second kappa shape index (κ2) is 5.41. The number of nitrogens with zero attached hydrogens (tertiary/aromatic N) is 1. The van der Waals surface area contributed by atoms with Gasteiger partial charge in [0.2, 0.25) is 0 Å². The minimum Gasteiger partial charge on any atom is -0.486 e. The molecule has 1 aromatic heterocycles. The maximum absolute atomic E-state index is 5.70. The van der Waals surface area contributed by atoms with E-state index in [4.69, 9.17) is 4.74 Å². The number of halogens is 1. The highest BCUT2D eigenvalue weighted by molar-refractivity contribution is 9.10. The Hall–Kier alpha value is -0.870. The summed E-state index contributed by atoms with van der Waals surface area (Å²) in [7, 11) is 0. The maximum atomic E-state index is 5.70. The Morgan fingerprint density at radius 2 is 1.89 bits per heavy atom. The van der Waals surface area contributed by atoms with E-state index in [-0.39, 0.29) is 5.41 Å². The first-order chi connectivity index (χ1) is 8.45. The normalized spacial score (nSPS) is 11.6. The first-order valence-electron chi connectivity index (χ1n) is 5.78. The highest BCUT2D eigenvalue weighted by Crippen LogP contribution is 2.24. The molecular weight excluding hydrogens is 310 g/mol. The standard InChI is InChI=1S/C14H16BrNOS/c1-14(2,3)12-9-18-13(16-12)8-17-11-6-4-10(15)5-7-11/h4-7,9H,8H2,1-3H3. The van der Waals surface area contributed by atoms with Crippen molar-refractivity contribution < 1.29 is 4.74 Å². The molecule has 0 aliphatic rings. The monoisotopic (exact) mass is 325 g/mol. The molecule has 4 heteroatoms. The van der Waals surface area contributed by atoms with Crippen molar-refractivity contribution in [3.05, 3.63) is 44.8 Å².